The van der Waals surface area contributed by atoms with Gasteiger partial charge >= 0.3 is 0 Å². The van der Waals surface area contributed by atoms with Gasteiger partial charge in [-0.1, -0.05) is 24.3 Å². The molecule has 2 heterocycles. The molecule has 0 spiro atoms. The first-order chi connectivity index (χ1) is 13.3. The van der Waals surface area contributed by atoms with Gasteiger partial charge in [0, 0.05) is 36.4 Å². The number of nitrogens with zero attached hydrogens (tertiary/aromatic N) is 2. The summed E-state index contributed by atoms with van der Waals surface area (Å²) in [6.45, 7) is 3.68. The highest BCUT2D eigenvalue weighted by Gasteiger charge is 2.15. The summed E-state index contributed by atoms with van der Waals surface area (Å²) in [5, 5.41) is 14.2. The van der Waals surface area contributed by atoms with E-state index >= 15 is 0 Å². The fourth-order valence-corrected chi connectivity index (χ4v) is 3.28. The van der Waals surface area contributed by atoms with Crippen LogP contribution in [0.5, 0.6) is 0 Å². The van der Waals surface area contributed by atoms with Crippen molar-refractivity contribution in [3.63, 3.8) is 0 Å². The van der Waals surface area contributed by atoms with Crippen LogP contribution in [-0.4, -0.2) is 37.9 Å². The summed E-state index contributed by atoms with van der Waals surface area (Å²) in [6, 6.07) is 15.4. The fourth-order valence-electron chi connectivity index (χ4n) is 3.28. The predicted octanol–water partition coefficient (Wildman–Crippen LogP) is 2.28. The number of benzene rings is 2. The number of amides is 1. The summed E-state index contributed by atoms with van der Waals surface area (Å²) >= 11 is 0. The third-order valence-electron chi connectivity index (χ3n) is 4.79. The van der Waals surface area contributed by atoms with Crippen molar-refractivity contribution in [2.24, 2.45) is 4.99 Å². The highest BCUT2D eigenvalue weighted by molar-refractivity contribution is 6.05. The van der Waals surface area contributed by atoms with Gasteiger partial charge in [0.05, 0.1) is 6.17 Å². The summed E-state index contributed by atoms with van der Waals surface area (Å²) in [5.41, 5.74) is 3.54. The molecule has 2 aliphatic heterocycles. The van der Waals surface area contributed by atoms with Crippen molar-refractivity contribution in [1.82, 2.24) is 16.0 Å². The molecule has 0 aliphatic carbocycles. The zero-order valence-corrected chi connectivity index (χ0v) is 15.2. The van der Waals surface area contributed by atoms with Gasteiger partial charge in [-0.05, 0) is 49.2 Å². The van der Waals surface area contributed by atoms with Crippen molar-refractivity contribution in [2.75, 3.05) is 31.5 Å². The first-order valence-corrected chi connectivity index (χ1v) is 9.50. The van der Waals surface area contributed by atoms with E-state index in [4.69, 9.17) is 0 Å². The first kappa shape index (κ1) is 17.7. The molecule has 3 N–H and O–H groups in total. The van der Waals surface area contributed by atoms with Crippen LogP contribution in [0.2, 0.25) is 0 Å². The van der Waals surface area contributed by atoms with Crippen LogP contribution >= 0.6 is 0 Å². The Labute approximate surface area is 159 Å². The largest absolute Gasteiger partial charge is 0.370 e. The average Bonchev–Trinajstić information content (AvgIpc) is 2.76. The molecule has 1 unspecified atom stereocenters. The second kappa shape index (κ2) is 8.33. The molecule has 1 radical (unpaired) electrons. The number of nitrogens with one attached hydrogen (secondary N) is 3. The molecule has 0 aromatic heterocycles. The van der Waals surface area contributed by atoms with Crippen molar-refractivity contribution in [2.45, 2.75) is 19.0 Å². The normalized spacial score (nSPS) is 17.7. The third-order valence-corrected chi connectivity index (χ3v) is 4.79. The van der Waals surface area contributed by atoms with Crippen LogP contribution in [0.4, 0.5) is 5.69 Å². The van der Waals surface area contributed by atoms with Crippen LogP contribution in [0.25, 0.3) is 0 Å². The Morgan fingerprint density at radius 1 is 0.963 bits per heavy atom. The van der Waals surface area contributed by atoms with Gasteiger partial charge in [0.2, 0.25) is 0 Å². The van der Waals surface area contributed by atoms with E-state index in [2.05, 4.69) is 26.3 Å². The lowest BCUT2D eigenvalue weighted by Crippen LogP contribution is -2.36. The molecule has 6 nitrogen and oxygen atoms in total. The van der Waals surface area contributed by atoms with Crippen LogP contribution in [0.15, 0.2) is 53.5 Å². The van der Waals surface area contributed by atoms with E-state index in [0.29, 0.717) is 5.56 Å². The zero-order chi connectivity index (χ0) is 18.5. The van der Waals surface area contributed by atoms with E-state index in [-0.39, 0.29) is 12.1 Å². The zero-order valence-electron chi connectivity index (χ0n) is 15.2. The SMILES string of the molecule is O=C(Nc1ccc(C2[N]CCCN2)cc1)c1ccc(C2=NCCCN2)cc1. The minimum Gasteiger partial charge on any atom is -0.370 e. The quantitative estimate of drug-likeness (QED) is 0.781. The van der Waals surface area contributed by atoms with Gasteiger partial charge in [0.15, 0.2) is 0 Å². The minimum atomic E-state index is -0.117. The Hall–Kier alpha value is -2.70. The van der Waals surface area contributed by atoms with Crippen LogP contribution in [-0.2, 0) is 0 Å². The lowest BCUT2D eigenvalue weighted by atomic mass is 10.1. The minimum absolute atomic E-state index is 0.0624. The van der Waals surface area contributed by atoms with Crippen LogP contribution in [0.3, 0.4) is 0 Å². The second-order valence-corrected chi connectivity index (χ2v) is 6.78. The Bertz CT molecular complexity index is 807. The molecule has 2 aromatic rings. The maximum absolute atomic E-state index is 12.5. The maximum Gasteiger partial charge on any atom is 0.255 e. The van der Waals surface area contributed by atoms with Crippen LogP contribution in [0.1, 0.15) is 40.5 Å². The summed E-state index contributed by atoms with van der Waals surface area (Å²) in [7, 11) is 0. The Morgan fingerprint density at radius 2 is 1.74 bits per heavy atom. The second-order valence-electron chi connectivity index (χ2n) is 6.78. The number of aliphatic imine (C=N–C) groups is 1. The Balaban J connectivity index is 1.39. The molecule has 4 rings (SSSR count). The van der Waals surface area contributed by atoms with Crippen LogP contribution in [0, 0.1) is 0 Å². The standard InChI is InChI=1S/C21H24N5O/c27-21(17-5-3-15(4-6-17)19-22-11-1-12-23-19)26-18-9-7-16(8-10-18)20-24-13-2-14-25-20/h3-10,20,24H,1-2,11-14H2,(H,22,23)(H,26,27). The van der Waals surface area contributed by atoms with Gasteiger partial charge < -0.3 is 10.6 Å². The number of hydrogen-bond acceptors (Lipinski definition) is 4. The van der Waals surface area contributed by atoms with E-state index in [0.717, 1.165) is 61.7 Å². The molecular weight excluding hydrogens is 338 g/mol. The van der Waals surface area contributed by atoms with Gasteiger partial charge in [0.1, 0.15) is 5.84 Å². The van der Waals surface area contributed by atoms with Gasteiger partial charge in [0.25, 0.3) is 5.91 Å². The summed E-state index contributed by atoms with van der Waals surface area (Å²) in [6.07, 6.45) is 2.22. The van der Waals surface area contributed by atoms with E-state index in [1.54, 1.807) is 0 Å². The van der Waals surface area contributed by atoms with E-state index in [1.165, 1.54) is 0 Å². The summed E-state index contributed by atoms with van der Waals surface area (Å²) < 4.78 is 0. The maximum atomic E-state index is 12.5. The molecule has 2 aliphatic rings. The number of carbonyl (C=O) groups excluding carboxylic acids is 1. The smallest absolute Gasteiger partial charge is 0.255 e. The van der Waals surface area contributed by atoms with Crippen molar-refractivity contribution in [1.29, 1.82) is 0 Å². The molecule has 6 heteroatoms. The monoisotopic (exact) mass is 362 g/mol. The van der Waals surface area contributed by atoms with Crippen molar-refractivity contribution in [3.05, 3.63) is 65.2 Å². The van der Waals surface area contributed by atoms with Crippen LogP contribution < -0.4 is 21.3 Å². The molecule has 1 saturated heterocycles. The van der Waals surface area contributed by atoms with Gasteiger partial charge in [-0.2, -0.15) is 0 Å². The molecule has 139 valence electrons. The molecule has 1 fully saturated rings. The van der Waals surface area contributed by atoms with Gasteiger partial charge in [-0.25, -0.2) is 5.32 Å². The molecule has 2 aromatic carbocycles. The average molecular weight is 362 g/mol. The highest BCUT2D eigenvalue weighted by atomic mass is 16.1. The van der Waals surface area contributed by atoms with E-state index in [9.17, 15) is 4.79 Å². The third kappa shape index (κ3) is 4.35. The predicted molar refractivity (Wildman–Crippen MR) is 107 cm³/mol. The summed E-state index contributed by atoms with van der Waals surface area (Å²) in [4.78, 5) is 17.0. The molecule has 1 amide bonds. The molecular formula is C21H24N5O. The Morgan fingerprint density at radius 3 is 2.41 bits per heavy atom. The first-order valence-electron chi connectivity index (χ1n) is 9.50. The molecule has 0 bridgehead atoms. The molecule has 1 atom stereocenters. The van der Waals surface area contributed by atoms with Gasteiger partial charge in [-0.3, -0.25) is 15.1 Å². The number of carbonyl (C=O) groups is 1. The lowest BCUT2D eigenvalue weighted by molar-refractivity contribution is 0.102. The van der Waals surface area contributed by atoms with E-state index in [1.807, 2.05) is 48.5 Å². The molecule has 27 heavy (non-hydrogen) atoms. The highest BCUT2D eigenvalue weighted by Crippen LogP contribution is 2.18. The molecule has 0 saturated carbocycles. The number of rotatable bonds is 4. The lowest BCUT2D eigenvalue weighted by Gasteiger charge is -2.23. The van der Waals surface area contributed by atoms with Crippen molar-refractivity contribution < 1.29 is 4.79 Å². The van der Waals surface area contributed by atoms with Crippen molar-refractivity contribution >= 4 is 17.4 Å². The van der Waals surface area contributed by atoms with Crippen molar-refractivity contribution in [3.8, 4) is 0 Å². The number of amidine groups is 1. The van der Waals surface area contributed by atoms with Gasteiger partial charge in [-0.15, -0.1) is 0 Å². The summed E-state index contributed by atoms with van der Waals surface area (Å²) in [5.74, 6) is 0.791. The number of anilines is 1. The Kier molecular flexibility index (Phi) is 5.46. The number of hydrogen-bond donors (Lipinski definition) is 3. The topological polar surface area (TPSA) is 79.6 Å². The van der Waals surface area contributed by atoms with E-state index < -0.39 is 0 Å². The fraction of sp³-hybridized carbons (Fsp3) is 0.333.